The van der Waals surface area contributed by atoms with Crippen LogP contribution in [0.1, 0.15) is 12.5 Å². The standard InChI is InChI=1S/C13H14F2N4O/c1-9(5-16)13(20,6-18-8-19-7-17)11-4-10(14)2-3-12(11)15/h2-4,7-9,20H,6H2,1H3,(H2,17,18,19)/t9-,13+/m0/s1. The minimum atomic E-state index is -1.96. The summed E-state index contributed by atoms with van der Waals surface area (Å²) in [6.07, 6.45) is 2.05. The van der Waals surface area contributed by atoms with Crippen molar-refractivity contribution in [3.63, 3.8) is 0 Å². The number of nitrogens with zero attached hydrogens (tertiary/aromatic N) is 3. The number of hydrogen-bond acceptors (Lipinski definition) is 3. The summed E-state index contributed by atoms with van der Waals surface area (Å²) in [6.45, 7) is 1.05. The number of benzene rings is 1. The van der Waals surface area contributed by atoms with Gasteiger partial charge in [0.25, 0.3) is 0 Å². The summed E-state index contributed by atoms with van der Waals surface area (Å²) >= 11 is 0. The van der Waals surface area contributed by atoms with E-state index in [9.17, 15) is 13.9 Å². The number of halogens is 2. The molecule has 0 saturated heterocycles. The number of rotatable bonds is 5. The van der Waals surface area contributed by atoms with Crippen LogP contribution in [0.2, 0.25) is 0 Å². The predicted octanol–water partition coefficient (Wildman–Crippen LogP) is 1.33. The van der Waals surface area contributed by atoms with E-state index >= 15 is 0 Å². The normalized spacial score (nSPS) is 16.1. The third-order valence-corrected chi connectivity index (χ3v) is 2.87. The number of nitriles is 1. The molecule has 2 atom stereocenters. The van der Waals surface area contributed by atoms with Crippen LogP contribution in [0.25, 0.3) is 0 Å². The van der Waals surface area contributed by atoms with Crippen LogP contribution >= 0.6 is 0 Å². The van der Waals surface area contributed by atoms with E-state index in [0.29, 0.717) is 0 Å². The van der Waals surface area contributed by atoms with Crippen LogP contribution in [0.3, 0.4) is 0 Å². The fourth-order valence-electron chi connectivity index (χ4n) is 1.66. The van der Waals surface area contributed by atoms with E-state index in [1.54, 1.807) is 0 Å². The average Bonchev–Trinajstić information content (AvgIpc) is 2.45. The van der Waals surface area contributed by atoms with Crippen LogP contribution in [-0.2, 0) is 5.60 Å². The summed E-state index contributed by atoms with van der Waals surface area (Å²) in [4.78, 5) is 7.25. The molecule has 0 aliphatic heterocycles. The van der Waals surface area contributed by atoms with Gasteiger partial charge in [-0.2, -0.15) is 5.26 Å². The predicted molar refractivity (Wildman–Crippen MR) is 71.1 cm³/mol. The van der Waals surface area contributed by atoms with Gasteiger partial charge >= 0.3 is 0 Å². The third kappa shape index (κ3) is 3.36. The summed E-state index contributed by atoms with van der Waals surface area (Å²) in [6, 6.07) is 4.49. The lowest BCUT2D eigenvalue weighted by Gasteiger charge is -2.29. The molecule has 3 N–H and O–H groups in total. The topological polar surface area (TPSA) is 94.8 Å². The molecule has 0 spiro atoms. The molecule has 0 amide bonds. The van der Waals surface area contributed by atoms with Crippen molar-refractivity contribution in [3.8, 4) is 6.07 Å². The van der Waals surface area contributed by atoms with Crippen LogP contribution in [0.15, 0.2) is 28.2 Å². The van der Waals surface area contributed by atoms with E-state index in [2.05, 4.69) is 9.98 Å². The van der Waals surface area contributed by atoms with Crippen molar-refractivity contribution >= 4 is 12.7 Å². The highest BCUT2D eigenvalue weighted by molar-refractivity contribution is 5.69. The Morgan fingerprint density at radius 3 is 2.85 bits per heavy atom. The molecule has 1 rings (SSSR count). The Kier molecular flexibility index (Phi) is 5.29. The number of aliphatic imine (C=N–C) groups is 2. The van der Waals surface area contributed by atoms with E-state index < -0.39 is 23.2 Å². The lowest BCUT2D eigenvalue weighted by Crippen LogP contribution is -2.37. The van der Waals surface area contributed by atoms with Crippen LogP contribution < -0.4 is 5.73 Å². The molecule has 0 saturated carbocycles. The monoisotopic (exact) mass is 280 g/mol. The summed E-state index contributed by atoms with van der Waals surface area (Å²) in [7, 11) is 0. The van der Waals surface area contributed by atoms with E-state index in [0.717, 1.165) is 30.9 Å². The quantitative estimate of drug-likeness (QED) is 0.629. The van der Waals surface area contributed by atoms with Gasteiger partial charge < -0.3 is 10.8 Å². The van der Waals surface area contributed by atoms with Gasteiger partial charge in [0, 0.05) is 5.56 Å². The Labute approximate surface area is 115 Å². The fraction of sp³-hybridized carbons (Fsp3) is 0.308. The highest BCUT2D eigenvalue weighted by Gasteiger charge is 2.38. The molecule has 20 heavy (non-hydrogen) atoms. The number of hydrogen-bond donors (Lipinski definition) is 2. The first kappa shape index (κ1) is 15.7. The van der Waals surface area contributed by atoms with Crippen molar-refractivity contribution in [2.45, 2.75) is 12.5 Å². The molecule has 0 aliphatic rings. The van der Waals surface area contributed by atoms with Gasteiger partial charge in [0.05, 0.1) is 24.9 Å². The van der Waals surface area contributed by atoms with Crippen molar-refractivity contribution in [1.29, 1.82) is 5.26 Å². The smallest absolute Gasteiger partial charge is 0.129 e. The molecule has 106 valence electrons. The van der Waals surface area contributed by atoms with Crippen molar-refractivity contribution in [1.82, 2.24) is 0 Å². The van der Waals surface area contributed by atoms with Gasteiger partial charge in [0.15, 0.2) is 0 Å². The van der Waals surface area contributed by atoms with Gasteiger partial charge in [-0.1, -0.05) is 0 Å². The Hall–Kier alpha value is -2.33. The van der Waals surface area contributed by atoms with Gasteiger partial charge in [-0.3, -0.25) is 4.99 Å². The molecular weight excluding hydrogens is 266 g/mol. The van der Waals surface area contributed by atoms with Crippen molar-refractivity contribution in [3.05, 3.63) is 35.4 Å². The maximum Gasteiger partial charge on any atom is 0.129 e. The zero-order valence-electron chi connectivity index (χ0n) is 10.8. The minimum Gasteiger partial charge on any atom is -0.390 e. The van der Waals surface area contributed by atoms with Crippen LogP contribution in [-0.4, -0.2) is 24.3 Å². The van der Waals surface area contributed by atoms with Crippen LogP contribution in [0, 0.1) is 28.9 Å². The number of nitrogens with two attached hydrogens (primary N) is 1. The molecule has 0 aromatic heterocycles. The van der Waals surface area contributed by atoms with Crippen molar-refractivity contribution in [2.75, 3.05) is 6.54 Å². The van der Waals surface area contributed by atoms with Crippen molar-refractivity contribution in [2.24, 2.45) is 21.6 Å². The van der Waals surface area contributed by atoms with Gasteiger partial charge in [-0.05, 0) is 25.1 Å². The van der Waals surface area contributed by atoms with Gasteiger partial charge in [-0.15, -0.1) is 0 Å². The zero-order valence-corrected chi connectivity index (χ0v) is 10.8. The first-order chi connectivity index (χ1) is 9.45. The molecule has 5 nitrogen and oxygen atoms in total. The van der Waals surface area contributed by atoms with E-state index in [1.165, 1.54) is 6.92 Å². The second-order valence-electron chi connectivity index (χ2n) is 4.15. The fourth-order valence-corrected chi connectivity index (χ4v) is 1.66. The summed E-state index contributed by atoms with van der Waals surface area (Å²) in [5.41, 5.74) is 2.74. The summed E-state index contributed by atoms with van der Waals surface area (Å²) in [5.74, 6) is -2.53. The van der Waals surface area contributed by atoms with Crippen LogP contribution in [0.5, 0.6) is 0 Å². The molecule has 0 heterocycles. The third-order valence-electron chi connectivity index (χ3n) is 2.87. The Morgan fingerprint density at radius 2 is 2.25 bits per heavy atom. The van der Waals surface area contributed by atoms with Crippen molar-refractivity contribution < 1.29 is 13.9 Å². The lowest BCUT2D eigenvalue weighted by molar-refractivity contribution is 0.00964. The molecule has 1 aromatic rings. The Bertz CT molecular complexity index is 568. The second kappa shape index (κ2) is 6.73. The van der Waals surface area contributed by atoms with E-state index in [1.807, 2.05) is 6.07 Å². The highest BCUT2D eigenvalue weighted by Crippen LogP contribution is 2.32. The Morgan fingerprint density at radius 1 is 1.55 bits per heavy atom. The summed E-state index contributed by atoms with van der Waals surface area (Å²) < 4.78 is 27.0. The van der Waals surface area contributed by atoms with Gasteiger partial charge in [0.2, 0.25) is 0 Å². The van der Waals surface area contributed by atoms with Gasteiger partial charge in [-0.25, -0.2) is 13.8 Å². The zero-order chi connectivity index (χ0) is 15.2. The highest BCUT2D eigenvalue weighted by atomic mass is 19.1. The molecular formula is C13H14F2N4O. The SMILES string of the molecule is C[C@@H](C#N)[C@](O)(CN=CN=CN)c1cc(F)ccc1F. The maximum absolute atomic E-state index is 13.8. The molecule has 0 radical (unpaired) electrons. The number of aliphatic hydroxyl groups is 1. The summed E-state index contributed by atoms with van der Waals surface area (Å²) in [5, 5.41) is 19.5. The van der Waals surface area contributed by atoms with Gasteiger partial charge in [0.1, 0.15) is 23.6 Å². The molecule has 0 fully saturated rings. The second-order valence-corrected chi connectivity index (χ2v) is 4.15. The largest absolute Gasteiger partial charge is 0.390 e. The van der Waals surface area contributed by atoms with E-state index in [-0.39, 0.29) is 12.1 Å². The maximum atomic E-state index is 13.8. The minimum absolute atomic E-state index is 0.319. The first-order valence-corrected chi connectivity index (χ1v) is 5.75. The first-order valence-electron chi connectivity index (χ1n) is 5.75. The Balaban J connectivity index is 3.24. The molecule has 7 heteroatoms. The molecule has 0 bridgehead atoms. The average molecular weight is 280 g/mol. The molecule has 1 aromatic carbocycles. The molecule has 0 aliphatic carbocycles. The van der Waals surface area contributed by atoms with Crippen LogP contribution in [0.4, 0.5) is 8.78 Å². The molecule has 0 unspecified atom stereocenters. The lowest BCUT2D eigenvalue weighted by atomic mass is 9.82. The van der Waals surface area contributed by atoms with E-state index in [4.69, 9.17) is 11.0 Å².